The molecule has 0 bridgehead atoms. The van der Waals surface area contributed by atoms with E-state index in [1.165, 1.54) is 12.1 Å². The van der Waals surface area contributed by atoms with Crippen LogP contribution in [0.4, 0.5) is 4.39 Å². The third kappa shape index (κ3) is 3.39. The molecule has 1 atom stereocenters. The highest BCUT2D eigenvalue weighted by Gasteiger charge is 2.09. The van der Waals surface area contributed by atoms with Crippen molar-refractivity contribution in [2.45, 2.75) is 12.5 Å². The summed E-state index contributed by atoms with van der Waals surface area (Å²) in [5, 5.41) is 14.2. The fourth-order valence-electron chi connectivity index (χ4n) is 1.68. The molecule has 18 heavy (non-hydrogen) atoms. The van der Waals surface area contributed by atoms with Crippen LogP contribution in [-0.2, 0) is 6.42 Å². The average molecular weight is 260 g/mol. The molecule has 0 spiro atoms. The van der Waals surface area contributed by atoms with Crippen LogP contribution >= 0.6 is 11.3 Å². The minimum atomic E-state index is -0.259. The highest BCUT2D eigenvalue weighted by molar-refractivity contribution is 7.10. The van der Waals surface area contributed by atoms with Gasteiger partial charge < -0.3 is 0 Å². The Balaban J connectivity index is 1.85. The van der Waals surface area contributed by atoms with Gasteiger partial charge in [-0.05, 0) is 35.6 Å². The van der Waals surface area contributed by atoms with Crippen molar-refractivity contribution in [2.75, 3.05) is 6.54 Å². The maximum Gasteiger partial charge on any atom is 0.130 e. The summed E-state index contributed by atoms with van der Waals surface area (Å²) in [7, 11) is 0. The Hall–Kier alpha value is -1.70. The quantitative estimate of drug-likeness (QED) is 0.895. The van der Waals surface area contributed by atoms with Crippen LogP contribution in [0.1, 0.15) is 16.5 Å². The van der Waals surface area contributed by atoms with Gasteiger partial charge in [0.1, 0.15) is 11.9 Å². The van der Waals surface area contributed by atoms with Crippen LogP contribution < -0.4 is 5.32 Å². The van der Waals surface area contributed by atoms with Crippen molar-refractivity contribution >= 4 is 11.3 Å². The standard InChI is InChI=1S/C14H13FN2S/c15-12-5-3-11(4-6-12)7-8-17-13(10-16)14-2-1-9-18-14/h1-6,9,13,17H,7-8H2. The molecule has 0 saturated heterocycles. The van der Waals surface area contributed by atoms with Gasteiger partial charge in [-0.25, -0.2) is 4.39 Å². The lowest BCUT2D eigenvalue weighted by Gasteiger charge is -2.09. The molecular weight excluding hydrogens is 247 g/mol. The van der Waals surface area contributed by atoms with Crippen LogP contribution in [0, 0.1) is 17.1 Å². The SMILES string of the molecule is N#CC(NCCc1ccc(F)cc1)c1cccs1. The maximum atomic E-state index is 12.7. The maximum absolute atomic E-state index is 12.7. The van der Waals surface area contributed by atoms with Crippen LogP contribution in [0.25, 0.3) is 0 Å². The minimum absolute atomic E-state index is 0.222. The van der Waals surface area contributed by atoms with Crippen LogP contribution in [0.15, 0.2) is 41.8 Å². The monoisotopic (exact) mass is 260 g/mol. The zero-order valence-electron chi connectivity index (χ0n) is 9.77. The number of hydrogen-bond acceptors (Lipinski definition) is 3. The Morgan fingerprint density at radius 1 is 1.28 bits per heavy atom. The predicted octanol–water partition coefficient (Wildman–Crippen LogP) is 3.28. The number of halogens is 1. The summed E-state index contributed by atoms with van der Waals surface area (Å²) < 4.78 is 12.7. The smallest absolute Gasteiger partial charge is 0.130 e. The number of rotatable bonds is 5. The Bertz CT molecular complexity index is 514. The normalized spacial score (nSPS) is 12.0. The van der Waals surface area contributed by atoms with E-state index in [-0.39, 0.29) is 11.9 Å². The number of hydrogen-bond donors (Lipinski definition) is 1. The molecule has 1 unspecified atom stereocenters. The summed E-state index contributed by atoms with van der Waals surface area (Å²) in [6.45, 7) is 0.696. The van der Waals surface area contributed by atoms with E-state index in [9.17, 15) is 4.39 Å². The van der Waals surface area contributed by atoms with E-state index >= 15 is 0 Å². The second kappa shape index (κ2) is 6.29. The molecular formula is C14H13FN2S. The fourth-order valence-corrected chi connectivity index (χ4v) is 2.42. The summed E-state index contributed by atoms with van der Waals surface area (Å²) in [4.78, 5) is 1.02. The van der Waals surface area contributed by atoms with Crippen molar-refractivity contribution in [3.8, 4) is 6.07 Å². The van der Waals surface area contributed by atoms with Crippen LogP contribution in [0.2, 0.25) is 0 Å². The van der Waals surface area contributed by atoms with Crippen molar-refractivity contribution in [1.29, 1.82) is 5.26 Å². The average Bonchev–Trinajstić information content (AvgIpc) is 2.91. The van der Waals surface area contributed by atoms with E-state index < -0.39 is 0 Å². The van der Waals surface area contributed by atoms with E-state index in [1.807, 2.05) is 17.5 Å². The second-order valence-electron chi connectivity index (χ2n) is 3.91. The van der Waals surface area contributed by atoms with Crippen molar-refractivity contribution in [2.24, 2.45) is 0 Å². The largest absolute Gasteiger partial charge is 0.297 e. The molecule has 0 aliphatic carbocycles. The lowest BCUT2D eigenvalue weighted by molar-refractivity contribution is 0.622. The first-order valence-corrected chi connectivity index (χ1v) is 6.58. The third-order valence-electron chi connectivity index (χ3n) is 2.63. The van der Waals surface area contributed by atoms with Crippen LogP contribution in [-0.4, -0.2) is 6.54 Å². The van der Waals surface area contributed by atoms with Crippen molar-refractivity contribution < 1.29 is 4.39 Å². The van der Waals surface area contributed by atoms with Gasteiger partial charge in [0, 0.05) is 11.4 Å². The summed E-state index contributed by atoms with van der Waals surface area (Å²) in [5.41, 5.74) is 1.06. The Kier molecular flexibility index (Phi) is 4.46. The number of benzene rings is 1. The molecule has 2 aromatic rings. The molecule has 0 radical (unpaired) electrons. The van der Waals surface area contributed by atoms with E-state index in [0.717, 1.165) is 16.9 Å². The summed E-state index contributed by atoms with van der Waals surface area (Å²) in [5.74, 6) is -0.222. The lowest BCUT2D eigenvalue weighted by Crippen LogP contribution is -2.21. The highest BCUT2D eigenvalue weighted by atomic mass is 32.1. The Morgan fingerprint density at radius 2 is 2.06 bits per heavy atom. The first kappa shape index (κ1) is 12.7. The van der Waals surface area contributed by atoms with E-state index in [4.69, 9.17) is 5.26 Å². The van der Waals surface area contributed by atoms with Crippen molar-refractivity contribution in [1.82, 2.24) is 5.32 Å². The lowest BCUT2D eigenvalue weighted by atomic mass is 10.1. The van der Waals surface area contributed by atoms with Crippen LogP contribution in [0.3, 0.4) is 0 Å². The molecule has 1 N–H and O–H groups in total. The number of nitrogens with zero attached hydrogens (tertiary/aromatic N) is 1. The number of thiophene rings is 1. The molecule has 2 nitrogen and oxygen atoms in total. The van der Waals surface area contributed by atoms with Gasteiger partial charge in [-0.3, -0.25) is 5.32 Å². The molecule has 1 aromatic carbocycles. The molecule has 2 rings (SSSR count). The summed E-state index contributed by atoms with van der Waals surface area (Å²) in [6.07, 6.45) is 0.782. The van der Waals surface area contributed by atoms with E-state index in [2.05, 4.69) is 11.4 Å². The van der Waals surface area contributed by atoms with Gasteiger partial charge in [0.2, 0.25) is 0 Å². The van der Waals surface area contributed by atoms with Gasteiger partial charge in [-0.2, -0.15) is 5.26 Å². The highest BCUT2D eigenvalue weighted by Crippen LogP contribution is 2.17. The van der Waals surface area contributed by atoms with Gasteiger partial charge in [-0.15, -0.1) is 11.3 Å². The molecule has 1 heterocycles. The molecule has 4 heteroatoms. The minimum Gasteiger partial charge on any atom is -0.297 e. The van der Waals surface area contributed by atoms with Gasteiger partial charge in [0.05, 0.1) is 6.07 Å². The fraction of sp³-hybridized carbons (Fsp3) is 0.214. The second-order valence-corrected chi connectivity index (χ2v) is 4.89. The van der Waals surface area contributed by atoms with E-state index in [1.54, 1.807) is 23.5 Å². The molecule has 0 aliphatic rings. The predicted molar refractivity (Wildman–Crippen MR) is 70.8 cm³/mol. The first-order chi connectivity index (χ1) is 8.79. The van der Waals surface area contributed by atoms with Gasteiger partial charge in [0.25, 0.3) is 0 Å². The van der Waals surface area contributed by atoms with Gasteiger partial charge >= 0.3 is 0 Å². The topological polar surface area (TPSA) is 35.8 Å². The number of nitrogens with one attached hydrogen (secondary N) is 1. The Labute approximate surface area is 110 Å². The van der Waals surface area contributed by atoms with Crippen molar-refractivity contribution in [3.05, 3.63) is 58.0 Å². The summed E-state index contributed by atoms with van der Waals surface area (Å²) in [6, 6.07) is 12.3. The van der Waals surface area contributed by atoms with Crippen molar-refractivity contribution in [3.63, 3.8) is 0 Å². The van der Waals surface area contributed by atoms with E-state index in [0.29, 0.717) is 6.54 Å². The Morgan fingerprint density at radius 3 is 2.67 bits per heavy atom. The molecule has 0 saturated carbocycles. The molecule has 1 aromatic heterocycles. The molecule has 0 fully saturated rings. The molecule has 92 valence electrons. The van der Waals surface area contributed by atoms with Crippen LogP contribution in [0.5, 0.6) is 0 Å². The molecule has 0 aliphatic heterocycles. The summed E-state index contributed by atoms with van der Waals surface area (Å²) >= 11 is 1.57. The van der Waals surface area contributed by atoms with Gasteiger partial charge in [-0.1, -0.05) is 18.2 Å². The van der Waals surface area contributed by atoms with Gasteiger partial charge in [0.15, 0.2) is 0 Å². The third-order valence-corrected chi connectivity index (χ3v) is 3.57. The zero-order valence-corrected chi connectivity index (χ0v) is 10.6. The zero-order chi connectivity index (χ0) is 12.8. The number of nitriles is 1. The first-order valence-electron chi connectivity index (χ1n) is 5.70. The molecule has 0 amide bonds.